The summed E-state index contributed by atoms with van der Waals surface area (Å²) in [6.45, 7) is 6.04. The molecule has 0 radical (unpaired) electrons. The molecule has 0 amide bonds. The van der Waals surface area contributed by atoms with E-state index < -0.39 is 0 Å². The van der Waals surface area contributed by atoms with E-state index in [0.29, 0.717) is 5.95 Å². The zero-order valence-corrected chi connectivity index (χ0v) is 8.22. The SMILES string of the molecule is CCCNc1n[nH]c(NCCC)n1. The molecule has 74 valence electrons. The predicted molar refractivity (Wildman–Crippen MR) is 53.9 cm³/mol. The van der Waals surface area contributed by atoms with Crippen molar-refractivity contribution in [3.8, 4) is 0 Å². The van der Waals surface area contributed by atoms with Gasteiger partial charge in [0.25, 0.3) is 0 Å². The minimum absolute atomic E-state index is 0.667. The standard InChI is InChI=1S/C8H17N5/c1-3-5-9-7-11-8(13-12-7)10-6-4-2/h3-6H2,1-2H3,(H3,9,10,11,12,13). The quantitative estimate of drug-likeness (QED) is 0.624. The summed E-state index contributed by atoms with van der Waals surface area (Å²) in [4.78, 5) is 4.20. The maximum Gasteiger partial charge on any atom is 0.243 e. The monoisotopic (exact) mass is 183 g/mol. The van der Waals surface area contributed by atoms with Crippen molar-refractivity contribution in [2.24, 2.45) is 0 Å². The van der Waals surface area contributed by atoms with Crippen LogP contribution in [0.15, 0.2) is 0 Å². The van der Waals surface area contributed by atoms with Gasteiger partial charge in [-0.25, -0.2) is 5.10 Å². The van der Waals surface area contributed by atoms with Gasteiger partial charge >= 0.3 is 0 Å². The fourth-order valence-electron chi connectivity index (χ4n) is 0.900. The van der Waals surface area contributed by atoms with Gasteiger partial charge in [0.2, 0.25) is 11.9 Å². The average Bonchev–Trinajstić information content (AvgIpc) is 2.59. The maximum absolute atomic E-state index is 4.20. The zero-order chi connectivity index (χ0) is 9.52. The summed E-state index contributed by atoms with van der Waals surface area (Å²) in [5, 5.41) is 13.0. The molecule has 13 heavy (non-hydrogen) atoms. The maximum atomic E-state index is 4.20. The van der Waals surface area contributed by atoms with Crippen molar-refractivity contribution in [2.45, 2.75) is 26.7 Å². The average molecular weight is 183 g/mol. The largest absolute Gasteiger partial charge is 0.355 e. The number of nitrogens with one attached hydrogen (secondary N) is 3. The van der Waals surface area contributed by atoms with Crippen molar-refractivity contribution < 1.29 is 0 Å². The molecule has 0 saturated heterocycles. The third kappa shape index (κ3) is 3.31. The first-order chi connectivity index (χ1) is 6.36. The Morgan fingerprint density at radius 2 is 1.85 bits per heavy atom. The lowest BCUT2D eigenvalue weighted by atomic mass is 10.5. The number of aromatic nitrogens is 3. The molecule has 0 fully saturated rings. The van der Waals surface area contributed by atoms with Gasteiger partial charge in [-0.2, -0.15) is 4.98 Å². The summed E-state index contributed by atoms with van der Waals surface area (Å²) in [5.41, 5.74) is 0. The smallest absolute Gasteiger partial charge is 0.243 e. The van der Waals surface area contributed by atoms with Crippen LogP contribution in [0.5, 0.6) is 0 Å². The van der Waals surface area contributed by atoms with Gasteiger partial charge in [-0.3, -0.25) is 0 Å². The third-order valence-electron chi connectivity index (χ3n) is 1.56. The van der Waals surface area contributed by atoms with Crippen molar-refractivity contribution in [1.29, 1.82) is 0 Å². The Balaban J connectivity index is 2.34. The zero-order valence-electron chi connectivity index (χ0n) is 8.22. The van der Waals surface area contributed by atoms with Crippen molar-refractivity contribution >= 4 is 11.9 Å². The van der Waals surface area contributed by atoms with Crippen LogP contribution in [0.3, 0.4) is 0 Å². The minimum Gasteiger partial charge on any atom is -0.355 e. The van der Waals surface area contributed by atoms with Crippen molar-refractivity contribution in [3.63, 3.8) is 0 Å². The van der Waals surface area contributed by atoms with Crippen LogP contribution < -0.4 is 10.6 Å². The Hall–Kier alpha value is -1.26. The molecule has 3 N–H and O–H groups in total. The van der Waals surface area contributed by atoms with Gasteiger partial charge < -0.3 is 10.6 Å². The molecule has 5 heteroatoms. The number of hydrogen-bond donors (Lipinski definition) is 3. The van der Waals surface area contributed by atoms with Crippen LogP contribution in [0.2, 0.25) is 0 Å². The number of nitrogens with zero attached hydrogens (tertiary/aromatic N) is 2. The molecule has 0 aliphatic carbocycles. The first-order valence-electron chi connectivity index (χ1n) is 4.77. The highest BCUT2D eigenvalue weighted by Crippen LogP contribution is 2.02. The molecule has 0 bridgehead atoms. The lowest BCUT2D eigenvalue weighted by Gasteiger charge is -1.97. The second-order valence-electron chi connectivity index (χ2n) is 2.86. The van der Waals surface area contributed by atoms with Gasteiger partial charge in [0.1, 0.15) is 0 Å². The van der Waals surface area contributed by atoms with E-state index >= 15 is 0 Å². The molecule has 0 aliphatic rings. The molecular formula is C8H17N5. The molecule has 1 heterocycles. The van der Waals surface area contributed by atoms with Crippen LogP contribution in [-0.2, 0) is 0 Å². The molecule has 0 atom stereocenters. The Kier molecular flexibility index (Phi) is 4.08. The number of anilines is 2. The van der Waals surface area contributed by atoms with Crippen LogP contribution >= 0.6 is 0 Å². The molecule has 1 aromatic heterocycles. The summed E-state index contributed by atoms with van der Waals surface area (Å²) in [7, 11) is 0. The highest BCUT2D eigenvalue weighted by molar-refractivity contribution is 5.33. The predicted octanol–water partition coefficient (Wildman–Crippen LogP) is 1.45. The molecule has 1 rings (SSSR count). The van der Waals surface area contributed by atoms with Crippen molar-refractivity contribution in [2.75, 3.05) is 23.7 Å². The second-order valence-corrected chi connectivity index (χ2v) is 2.86. The van der Waals surface area contributed by atoms with Gasteiger partial charge in [0.05, 0.1) is 0 Å². The molecule has 0 saturated carbocycles. The molecule has 0 aromatic carbocycles. The number of rotatable bonds is 6. The Morgan fingerprint density at radius 1 is 1.15 bits per heavy atom. The molecule has 1 aromatic rings. The Bertz CT molecular complexity index is 210. The molecule has 0 aliphatic heterocycles. The van der Waals surface area contributed by atoms with Crippen LogP contribution in [-0.4, -0.2) is 28.3 Å². The topological polar surface area (TPSA) is 65.6 Å². The number of H-pyrrole nitrogens is 1. The summed E-state index contributed by atoms with van der Waals surface area (Å²) in [6.07, 6.45) is 2.16. The van der Waals surface area contributed by atoms with Crippen molar-refractivity contribution in [3.05, 3.63) is 0 Å². The molecular weight excluding hydrogens is 166 g/mol. The van der Waals surface area contributed by atoms with Crippen LogP contribution in [0.4, 0.5) is 11.9 Å². The lowest BCUT2D eigenvalue weighted by Crippen LogP contribution is -2.02. The fraction of sp³-hybridized carbons (Fsp3) is 0.750. The summed E-state index contributed by atoms with van der Waals surface area (Å²) in [5.74, 6) is 1.40. The highest BCUT2D eigenvalue weighted by atomic mass is 15.3. The molecule has 0 unspecified atom stereocenters. The summed E-state index contributed by atoms with van der Waals surface area (Å²) >= 11 is 0. The highest BCUT2D eigenvalue weighted by Gasteiger charge is 1.99. The second kappa shape index (κ2) is 5.40. The molecule has 5 nitrogen and oxygen atoms in total. The van der Waals surface area contributed by atoms with E-state index in [4.69, 9.17) is 0 Å². The first kappa shape index (κ1) is 9.83. The lowest BCUT2D eigenvalue weighted by molar-refractivity contribution is 0.950. The van der Waals surface area contributed by atoms with E-state index in [1.165, 1.54) is 0 Å². The fourth-order valence-corrected chi connectivity index (χ4v) is 0.900. The van der Waals surface area contributed by atoms with Crippen LogP contribution in [0, 0.1) is 0 Å². The van der Waals surface area contributed by atoms with E-state index in [0.717, 1.165) is 31.9 Å². The van der Waals surface area contributed by atoms with Gasteiger partial charge in [0.15, 0.2) is 0 Å². The first-order valence-corrected chi connectivity index (χ1v) is 4.77. The van der Waals surface area contributed by atoms with E-state index in [2.05, 4.69) is 39.7 Å². The van der Waals surface area contributed by atoms with Gasteiger partial charge in [0, 0.05) is 13.1 Å². The Morgan fingerprint density at radius 3 is 2.54 bits per heavy atom. The molecule has 0 spiro atoms. The normalized spacial score (nSPS) is 10.0. The van der Waals surface area contributed by atoms with E-state index in [-0.39, 0.29) is 0 Å². The Labute approximate surface area is 78.3 Å². The van der Waals surface area contributed by atoms with Crippen LogP contribution in [0.25, 0.3) is 0 Å². The van der Waals surface area contributed by atoms with Crippen molar-refractivity contribution in [1.82, 2.24) is 15.2 Å². The number of hydrogen-bond acceptors (Lipinski definition) is 4. The van der Waals surface area contributed by atoms with Gasteiger partial charge in [-0.1, -0.05) is 13.8 Å². The van der Waals surface area contributed by atoms with E-state index in [9.17, 15) is 0 Å². The van der Waals surface area contributed by atoms with Gasteiger partial charge in [-0.15, -0.1) is 5.10 Å². The van der Waals surface area contributed by atoms with E-state index in [1.54, 1.807) is 0 Å². The summed E-state index contributed by atoms with van der Waals surface area (Å²) in [6, 6.07) is 0. The summed E-state index contributed by atoms with van der Waals surface area (Å²) < 4.78 is 0. The van der Waals surface area contributed by atoms with Gasteiger partial charge in [-0.05, 0) is 12.8 Å². The third-order valence-corrected chi connectivity index (χ3v) is 1.56. The van der Waals surface area contributed by atoms with Crippen LogP contribution in [0.1, 0.15) is 26.7 Å². The minimum atomic E-state index is 0.667. The van der Waals surface area contributed by atoms with E-state index in [1.807, 2.05) is 0 Å². The number of aromatic amines is 1.